The minimum absolute atomic E-state index is 0.0841. The fourth-order valence-corrected chi connectivity index (χ4v) is 5.32. The van der Waals surface area contributed by atoms with Gasteiger partial charge in [0.2, 0.25) is 0 Å². The van der Waals surface area contributed by atoms with E-state index in [9.17, 15) is 14.0 Å². The van der Waals surface area contributed by atoms with Crippen molar-refractivity contribution in [3.05, 3.63) is 105 Å². The number of fused-ring (bicyclic) bond motifs is 1. The zero-order valence-electron chi connectivity index (χ0n) is 19.4. The summed E-state index contributed by atoms with van der Waals surface area (Å²) in [5.74, 6) is -0.795. The number of anilines is 1. The number of nitrogens with one attached hydrogen (secondary N) is 1. The molecule has 176 valence electrons. The lowest BCUT2D eigenvalue weighted by Crippen LogP contribution is -2.73. The van der Waals surface area contributed by atoms with Gasteiger partial charge in [-0.3, -0.25) is 9.59 Å². The van der Waals surface area contributed by atoms with E-state index < -0.39 is 5.82 Å². The van der Waals surface area contributed by atoms with Gasteiger partial charge in [-0.2, -0.15) is 5.10 Å². The fraction of sp³-hybridized carbons (Fsp3) is 0.250. The highest BCUT2D eigenvalue weighted by Crippen LogP contribution is 2.42. The standard InChI is InChI=1S/C28H25FN4O2/c1-18-6-9-20(10-7-18)32-14-28(15-32)16-33(17-28)27(35)23-12-19(8-11-24(23)29)13-25-21-4-2-3-5-22(21)26(34)31-30-25/h2-12H,13-17H2,1H3,(H,31,34). The maximum absolute atomic E-state index is 14.7. The average Bonchev–Trinajstić information content (AvgIpc) is 2.81. The van der Waals surface area contributed by atoms with Crippen LogP contribution in [0.2, 0.25) is 0 Å². The third-order valence-corrected chi connectivity index (χ3v) is 7.20. The van der Waals surface area contributed by atoms with Crippen molar-refractivity contribution in [3.63, 3.8) is 0 Å². The zero-order chi connectivity index (χ0) is 24.2. The Bertz CT molecular complexity index is 1500. The van der Waals surface area contributed by atoms with Gasteiger partial charge in [-0.25, -0.2) is 9.49 Å². The molecule has 2 saturated heterocycles. The summed E-state index contributed by atoms with van der Waals surface area (Å²) in [5.41, 5.74) is 3.82. The molecule has 0 unspecified atom stereocenters. The van der Waals surface area contributed by atoms with Gasteiger partial charge in [0.1, 0.15) is 5.82 Å². The van der Waals surface area contributed by atoms with Gasteiger partial charge in [0.05, 0.1) is 16.6 Å². The molecule has 2 aliphatic heterocycles. The molecule has 3 heterocycles. The zero-order valence-corrected chi connectivity index (χ0v) is 19.4. The molecular formula is C28H25FN4O2. The van der Waals surface area contributed by atoms with Crippen molar-refractivity contribution in [3.8, 4) is 0 Å². The van der Waals surface area contributed by atoms with Crippen LogP contribution in [0.25, 0.3) is 10.8 Å². The van der Waals surface area contributed by atoms with Crippen molar-refractivity contribution < 1.29 is 9.18 Å². The number of aryl methyl sites for hydroxylation is 1. The SMILES string of the molecule is Cc1ccc(N2CC3(CN(C(=O)c4cc(Cc5n[nH]c(=O)c6ccccc56)ccc4F)C3)C2)cc1. The second-order valence-electron chi connectivity index (χ2n) is 9.89. The first-order chi connectivity index (χ1) is 16.9. The van der Waals surface area contributed by atoms with Gasteiger partial charge < -0.3 is 9.80 Å². The molecule has 0 radical (unpaired) electrons. The smallest absolute Gasteiger partial charge is 0.272 e. The first-order valence-electron chi connectivity index (χ1n) is 11.8. The van der Waals surface area contributed by atoms with Gasteiger partial charge in [-0.15, -0.1) is 0 Å². The van der Waals surface area contributed by atoms with Gasteiger partial charge >= 0.3 is 0 Å². The molecule has 1 N–H and O–H groups in total. The number of hydrogen-bond acceptors (Lipinski definition) is 4. The van der Waals surface area contributed by atoms with Crippen molar-refractivity contribution in [2.45, 2.75) is 13.3 Å². The molecule has 2 fully saturated rings. The highest BCUT2D eigenvalue weighted by molar-refractivity contribution is 5.95. The number of amides is 1. The van der Waals surface area contributed by atoms with Gasteiger partial charge in [0, 0.05) is 49.1 Å². The second kappa shape index (κ2) is 8.05. The average molecular weight is 469 g/mol. The Hall–Kier alpha value is -4.00. The molecule has 35 heavy (non-hydrogen) atoms. The number of rotatable bonds is 4. The normalized spacial score (nSPS) is 16.3. The van der Waals surface area contributed by atoms with Crippen LogP contribution in [0.4, 0.5) is 10.1 Å². The first kappa shape index (κ1) is 21.5. The Morgan fingerprint density at radius 1 is 1.00 bits per heavy atom. The number of aromatic nitrogens is 2. The van der Waals surface area contributed by atoms with Crippen molar-refractivity contribution in [2.24, 2.45) is 5.41 Å². The predicted octanol–water partition coefficient (Wildman–Crippen LogP) is 3.92. The number of carbonyl (C=O) groups excluding carboxylic acids is 1. The molecule has 6 nitrogen and oxygen atoms in total. The summed E-state index contributed by atoms with van der Waals surface area (Å²) in [6.45, 7) is 5.18. The number of benzene rings is 3. The largest absolute Gasteiger partial charge is 0.370 e. The molecule has 0 atom stereocenters. The van der Waals surface area contributed by atoms with Crippen LogP contribution in [0.5, 0.6) is 0 Å². The number of halogens is 1. The molecule has 2 aliphatic rings. The van der Waals surface area contributed by atoms with Gasteiger partial charge in [-0.1, -0.05) is 42.0 Å². The van der Waals surface area contributed by atoms with Crippen LogP contribution in [0.15, 0.2) is 71.5 Å². The number of hydrogen-bond donors (Lipinski definition) is 1. The number of likely N-dealkylation sites (tertiary alicyclic amines) is 1. The van der Waals surface area contributed by atoms with E-state index >= 15 is 0 Å². The Morgan fingerprint density at radius 3 is 2.46 bits per heavy atom. The van der Waals surface area contributed by atoms with Crippen LogP contribution >= 0.6 is 0 Å². The molecule has 1 spiro atoms. The van der Waals surface area contributed by atoms with Gasteiger partial charge in [0.25, 0.3) is 11.5 Å². The third kappa shape index (κ3) is 3.77. The molecule has 1 amide bonds. The lowest BCUT2D eigenvalue weighted by Gasteiger charge is -2.61. The first-order valence-corrected chi connectivity index (χ1v) is 11.8. The topological polar surface area (TPSA) is 69.3 Å². The maximum atomic E-state index is 14.7. The highest BCUT2D eigenvalue weighted by atomic mass is 19.1. The number of nitrogens with zero attached hydrogens (tertiary/aromatic N) is 3. The van der Waals surface area contributed by atoms with Gasteiger partial charge in [-0.05, 0) is 42.8 Å². The highest BCUT2D eigenvalue weighted by Gasteiger charge is 2.53. The van der Waals surface area contributed by atoms with Crippen LogP contribution in [0, 0.1) is 18.2 Å². The van der Waals surface area contributed by atoms with Gasteiger partial charge in [0.15, 0.2) is 0 Å². The lowest BCUT2D eigenvalue weighted by atomic mass is 9.72. The van der Waals surface area contributed by atoms with E-state index in [-0.39, 0.29) is 22.4 Å². The summed E-state index contributed by atoms with van der Waals surface area (Å²) in [6, 6.07) is 20.4. The minimum Gasteiger partial charge on any atom is -0.370 e. The van der Waals surface area contributed by atoms with E-state index in [0.29, 0.717) is 30.6 Å². The number of H-pyrrole nitrogens is 1. The molecule has 0 bridgehead atoms. The van der Waals surface area contributed by atoms with E-state index in [1.165, 1.54) is 17.3 Å². The van der Waals surface area contributed by atoms with Crippen molar-refractivity contribution in [1.29, 1.82) is 0 Å². The summed E-state index contributed by atoms with van der Waals surface area (Å²) in [7, 11) is 0. The molecular weight excluding hydrogens is 443 g/mol. The predicted molar refractivity (Wildman–Crippen MR) is 133 cm³/mol. The van der Waals surface area contributed by atoms with Crippen LogP contribution in [0.1, 0.15) is 27.2 Å². The Balaban J connectivity index is 1.16. The molecule has 0 saturated carbocycles. The molecule has 4 aromatic rings. The van der Waals surface area contributed by atoms with E-state index in [2.05, 4.69) is 46.3 Å². The van der Waals surface area contributed by atoms with Crippen LogP contribution in [0.3, 0.4) is 0 Å². The summed E-state index contributed by atoms with van der Waals surface area (Å²) >= 11 is 0. The van der Waals surface area contributed by atoms with E-state index in [1.54, 1.807) is 29.2 Å². The molecule has 1 aromatic heterocycles. The monoisotopic (exact) mass is 468 g/mol. The summed E-state index contributed by atoms with van der Waals surface area (Å²) < 4.78 is 14.7. The Labute approximate surface area is 202 Å². The van der Waals surface area contributed by atoms with Crippen LogP contribution in [-0.2, 0) is 6.42 Å². The van der Waals surface area contributed by atoms with Crippen molar-refractivity contribution >= 4 is 22.4 Å². The molecule has 3 aromatic carbocycles. The van der Waals surface area contributed by atoms with E-state index in [1.807, 2.05) is 12.1 Å². The fourth-order valence-electron chi connectivity index (χ4n) is 5.32. The second-order valence-corrected chi connectivity index (χ2v) is 9.89. The van der Waals surface area contributed by atoms with Crippen LogP contribution in [-0.4, -0.2) is 47.2 Å². The number of aromatic amines is 1. The van der Waals surface area contributed by atoms with Crippen molar-refractivity contribution in [1.82, 2.24) is 15.1 Å². The summed E-state index contributed by atoms with van der Waals surface area (Å²) in [4.78, 5) is 29.3. The summed E-state index contributed by atoms with van der Waals surface area (Å²) in [5, 5.41) is 8.04. The quantitative estimate of drug-likeness (QED) is 0.493. The van der Waals surface area contributed by atoms with Crippen molar-refractivity contribution in [2.75, 3.05) is 31.1 Å². The maximum Gasteiger partial charge on any atom is 0.272 e. The molecule has 6 rings (SSSR count). The minimum atomic E-state index is -0.520. The Kier molecular flexibility index (Phi) is 4.95. The Morgan fingerprint density at radius 2 is 1.71 bits per heavy atom. The van der Waals surface area contributed by atoms with Crippen LogP contribution < -0.4 is 10.5 Å². The molecule has 0 aliphatic carbocycles. The van der Waals surface area contributed by atoms with E-state index in [4.69, 9.17) is 0 Å². The third-order valence-electron chi connectivity index (χ3n) is 7.20. The van der Waals surface area contributed by atoms with E-state index in [0.717, 1.165) is 24.0 Å². The molecule has 7 heteroatoms. The lowest BCUT2D eigenvalue weighted by molar-refractivity contribution is -0.0107. The number of carbonyl (C=O) groups is 1. The summed E-state index contributed by atoms with van der Waals surface area (Å²) in [6.07, 6.45) is 0.382.